The third-order valence-electron chi connectivity index (χ3n) is 7.69. The molecule has 0 spiro atoms. The van der Waals surface area contributed by atoms with Crippen LogP contribution in [0.2, 0.25) is 0 Å². The summed E-state index contributed by atoms with van der Waals surface area (Å²) >= 11 is 0. The normalized spacial score (nSPS) is 13.3. The number of fused-ring (bicyclic) bond motifs is 8. The lowest BCUT2D eigenvalue weighted by Gasteiger charge is -2.33. The van der Waals surface area contributed by atoms with Gasteiger partial charge in [0.2, 0.25) is 6.71 Å². The van der Waals surface area contributed by atoms with Crippen molar-refractivity contribution in [1.29, 1.82) is 0 Å². The maximum Gasteiger partial charge on any atom is 0.247 e. The highest BCUT2D eigenvalue weighted by molar-refractivity contribution is 6.98. The molecule has 0 atom stereocenters. The summed E-state index contributed by atoms with van der Waals surface area (Å²) in [6.45, 7) is 0.283. The second kappa shape index (κ2) is 6.27. The van der Waals surface area contributed by atoms with E-state index in [1.54, 1.807) is 0 Å². The smallest absolute Gasteiger partial charge is 0.247 e. The summed E-state index contributed by atoms with van der Waals surface area (Å²) in [5.74, 6) is 0. The Labute approximate surface area is 193 Å². The Balaban J connectivity index is 1.47. The fourth-order valence-corrected chi connectivity index (χ4v) is 6.32. The Morgan fingerprint density at radius 3 is 2.33 bits per heavy atom. The third kappa shape index (κ3) is 2.23. The van der Waals surface area contributed by atoms with Crippen LogP contribution in [0.4, 0.5) is 0 Å². The van der Waals surface area contributed by atoms with Crippen LogP contribution < -0.4 is 16.4 Å². The zero-order chi connectivity index (χ0) is 21.5. The highest BCUT2D eigenvalue weighted by Gasteiger charge is 2.38. The van der Waals surface area contributed by atoms with Gasteiger partial charge in [0.15, 0.2) is 0 Å². The molecule has 5 aromatic carbocycles. The van der Waals surface area contributed by atoms with Crippen molar-refractivity contribution < 1.29 is 0 Å². The standard InChI is InChI=1S/C31H20BN/c1-2-8-20(9-3-1)21-15-17-26-23(18-21)19-22-14-16-25-24-10-4-6-12-28(24)33-29-13-7-5-11-27(29)32(26)30(22)31(25)33/h1-18H,19H2. The molecule has 2 aliphatic rings. The summed E-state index contributed by atoms with van der Waals surface area (Å²) in [5.41, 5.74) is 13.9. The number of para-hydroxylation sites is 2. The van der Waals surface area contributed by atoms with Gasteiger partial charge in [0.25, 0.3) is 0 Å². The van der Waals surface area contributed by atoms with Crippen LogP contribution in [-0.4, -0.2) is 11.3 Å². The molecule has 0 aliphatic carbocycles. The minimum absolute atomic E-state index is 0.283. The molecule has 6 aromatic rings. The average Bonchev–Trinajstić information content (AvgIpc) is 3.23. The Morgan fingerprint density at radius 1 is 0.576 bits per heavy atom. The van der Waals surface area contributed by atoms with E-state index in [9.17, 15) is 0 Å². The molecule has 0 saturated heterocycles. The molecule has 3 heterocycles. The van der Waals surface area contributed by atoms with E-state index in [-0.39, 0.29) is 6.71 Å². The second-order valence-electron chi connectivity index (χ2n) is 9.34. The van der Waals surface area contributed by atoms with E-state index in [0.717, 1.165) is 6.42 Å². The largest absolute Gasteiger partial charge is 0.310 e. The Kier molecular flexibility index (Phi) is 3.33. The highest BCUT2D eigenvalue weighted by atomic mass is 15.0. The van der Waals surface area contributed by atoms with Crippen LogP contribution in [0.3, 0.4) is 0 Å². The predicted molar refractivity (Wildman–Crippen MR) is 140 cm³/mol. The van der Waals surface area contributed by atoms with Crippen molar-refractivity contribution in [1.82, 2.24) is 4.57 Å². The summed E-state index contributed by atoms with van der Waals surface area (Å²) in [4.78, 5) is 0. The van der Waals surface area contributed by atoms with E-state index in [1.807, 2.05) is 0 Å². The van der Waals surface area contributed by atoms with Crippen LogP contribution in [0.1, 0.15) is 11.1 Å². The van der Waals surface area contributed by atoms with Gasteiger partial charge in [0, 0.05) is 22.0 Å². The Morgan fingerprint density at radius 2 is 1.39 bits per heavy atom. The van der Waals surface area contributed by atoms with Crippen molar-refractivity contribution in [3.05, 3.63) is 120 Å². The number of benzene rings is 5. The van der Waals surface area contributed by atoms with Gasteiger partial charge in [-0.25, -0.2) is 0 Å². The molecule has 1 nitrogen and oxygen atoms in total. The molecule has 0 fully saturated rings. The first-order chi connectivity index (χ1) is 16.4. The lowest BCUT2D eigenvalue weighted by molar-refractivity contribution is 1.16. The van der Waals surface area contributed by atoms with Gasteiger partial charge < -0.3 is 4.57 Å². The first kappa shape index (κ1) is 17.5. The molecule has 2 aliphatic heterocycles. The molecular weight excluding hydrogens is 397 g/mol. The number of rotatable bonds is 1. The van der Waals surface area contributed by atoms with Crippen LogP contribution in [0, 0.1) is 0 Å². The van der Waals surface area contributed by atoms with Crippen LogP contribution >= 0.6 is 0 Å². The first-order valence-corrected chi connectivity index (χ1v) is 11.7. The quantitative estimate of drug-likeness (QED) is 0.324. The van der Waals surface area contributed by atoms with Gasteiger partial charge in [-0.2, -0.15) is 0 Å². The summed E-state index contributed by atoms with van der Waals surface area (Å²) in [7, 11) is 0. The van der Waals surface area contributed by atoms with Gasteiger partial charge in [-0.3, -0.25) is 0 Å². The molecule has 0 bridgehead atoms. The average molecular weight is 417 g/mol. The number of aromatic nitrogens is 1. The van der Waals surface area contributed by atoms with Gasteiger partial charge >= 0.3 is 0 Å². The molecule has 2 heteroatoms. The van der Waals surface area contributed by atoms with Gasteiger partial charge in [-0.05, 0) is 51.7 Å². The van der Waals surface area contributed by atoms with Crippen LogP contribution in [-0.2, 0) is 6.42 Å². The second-order valence-corrected chi connectivity index (χ2v) is 9.34. The van der Waals surface area contributed by atoms with Gasteiger partial charge in [0.1, 0.15) is 0 Å². The molecular formula is C31H20BN. The topological polar surface area (TPSA) is 4.93 Å². The lowest BCUT2D eigenvalue weighted by Crippen LogP contribution is -2.60. The first-order valence-electron chi connectivity index (χ1n) is 11.7. The molecule has 33 heavy (non-hydrogen) atoms. The SMILES string of the molecule is c1ccc(-c2ccc3c(c2)Cc2ccc4c5ccccc5n5c4c2B3c2ccccc2-5)cc1. The number of hydrogen-bond donors (Lipinski definition) is 0. The minimum atomic E-state index is 0.283. The van der Waals surface area contributed by atoms with Gasteiger partial charge in [-0.1, -0.05) is 103 Å². The van der Waals surface area contributed by atoms with E-state index < -0.39 is 0 Å². The minimum Gasteiger partial charge on any atom is -0.310 e. The van der Waals surface area contributed by atoms with Crippen LogP contribution in [0.25, 0.3) is 38.6 Å². The summed E-state index contributed by atoms with van der Waals surface area (Å²) in [6, 6.07) is 40.5. The van der Waals surface area contributed by atoms with E-state index >= 15 is 0 Å². The third-order valence-corrected chi connectivity index (χ3v) is 7.69. The van der Waals surface area contributed by atoms with Crippen molar-refractivity contribution >= 4 is 44.9 Å². The van der Waals surface area contributed by atoms with Gasteiger partial charge in [-0.15, -0.1) is 0 Å². The van der Waals surface area contributed by atoms with E-state index in [1.165, 1.54) is 66.1 Å². The Bertz CT molecular complexity index is 1740. The summed E-state index contributed by atoms with van der Waals surface area (Å²) in [5, 5.41) is 2.71. The van der Waals surface area contributed by atoms with Crippen molar-refractivity contribution in [2.75, 3.05) is 0 Å². The maximum absolute atomic E-state index is 2.51. The molecule has 152 valence electrons. The van der Waals surface area contributed by atoms with Crippen molar-refractivity contribution in [2.45, 2.75) is 6.42 Å². The molecule has 0 unspecified atom stereocenters. The monoisotopic (exact) mass is 417 g/mol. The van der Waals surface area contributed by atoms with Crippen molar-refractivity contribution in [2.24, 2.45) is 0 Å². The molecule has 1 aromatic heterocycles. The summed E-state index contributed by atoms with van der Waals surface area (Å²) < 4.78 is 2.51. The predicted octanol–water partition coefficient (Wildman–Crippen LogP) is 5.18. The molecule has 0 radical (unpaired) electrons. The van der Waals surface area contributed by atoms with E-state index in [0.29, 0.717) is 0 Å². The van der Waals surface area contributed by atoms with Crippen LogP contribution in [0.5, 0.6) is 0 Å². The highest BCUT2D eigenvalue weighted by Crippen LogP contribution is 2.35. The maximum atomic E-state index is 2.51. The molecule has 0 N–H and O–H groups in total. The van der Waals surface area contributed by atoms with Crippen LogP contribution in [0.15, 0.2) is 109 Å². The number of nitrogens with zero attached hydrogens (tertiary/aromatic N) is 1. The lowest BCUT2D eigenvalue weighted by atomic mass is 9.32. The molecule has 0 saturated carbocycles. The van der Waals surface area contributed by atoms with Gasteiger partial charge in [0.05, 0.1) is 5.52 Å². The van der Waals surface area contributed by atoms with E-state index in [4.69, 9.17) is 0 Å². The fourth-order valence-electron chi connectivity index (χ4n) is 6.32. The fraction of sp³-hybridized carbons (Fsp3) is 0.0323. The van der Waals surface area contributed by atoms with Crippen molar-refractivity contribution in [3.8, 4) is 16.8 Å². The number of hydrogen-bond acceptors (Lipinski definition) is 0. The van der Waals surface area contributed by atoms with E-state index in [2.05, 4.69) is 114 Å². The molecule has 0 amide bonds. The molecule has 8 rings (SSSR count). The zero-order valence-corrected chi connectivity index (χ0v) is 18.1. The zero-order valence-electron chi connectivity index (χ0n) is 18.1. The summed E-state index contributed by atoms with van der Waals surface area (Å²) in [6.07, 6.45) is 0.988. The Hall–Kier alpha value is -4.04. The van der Waals surface area contributed by atoms with Crippen molar-refractivity contribution in [3.63, 3.8) is 0 Å².